The number of rotatable bonds is 7. The standard InChI is InChI=1S/C19H33O4PSi/c1-8-21-24(20,22-9-2)18(16-17-12-10-11-13-17)14-15-19(3,4)23-25(5,6)7/h8-13H2,1-7H3. The van der Waals surface area contributed by atoms with E-state index in [2.05, 4.69) is 37.2 Å². The molecule has 0 spiro atoms. The number of hydrogen-bond acceptors (Lipinski definition) is 4. The van der Waals surface area contributed by atoms with Gasteiger partial charge in [-0.2, -0.15) is 0 Å². The highest BCUT2D eigenvalue weighted by Gasteiger charge is 2.31. The first-order valence-electron chi connectivity index (χ1n) is 9.13. The number of allylic oxidation sites excluding steroid dienone is 1. The molecular weight excluding hydrogens is 351 g/mol. The van der Waals surface area contributed by atoms with E-state index in [0.717, 1.165) is 31.3 Å². The van der Waals surface area contributed by atoms with Gasteiger partial charge in [-0.15, -0.1) is 0 Å². The van der Waals surface area contributed by atoms with E-state index in [0.29, 0.717) is 18.5 Å². The second-order valence-electron chi connectivity index (χ2n) is 7.59. The van der Waals surface area contributed by atoms with E-state index in [1.165, 1.54) is 0 Å². The Balaban J connectivity index is 3.33. The molecule has 0 atom stereocenters. The first-order valence-corrected chi connectivity index (χ1v) is 14.1. The molecule has 0 bridgehead atoms. The van der Waals surface area contributed by atoms with Crippen LogP contribution in [0.3, 0.4) is 0 Å². The Hall–Kier alpha value is -0.593. The molecule has 0 aromatic rings. The molecule has 1 aliphatic carbocycles. The van der Waals surface area contributed by atoms with Crippen LogP contribution in [0.2, 0.25) is 19.6 Å². The summed E-state index contributed by atoms with van der Waals surface area (Å²) in [4.78, 5) is 0. The first-order chi connectivity index (χ1) is 11.5. The van der Waals surface area contributed by atoms with E-state index in [1.807, 2.05) is 13.8 Å². The molecule has 0 saturated heterocycles. The minimum Gasteiger partial charge on any atom is -0.402 e. The average molecular weight is 385 g/mol. The fourth-order valence-corrected chi connectivity index (χ4v) is 5.85. The first kappa shape index (κ1) is 22.4. The fourth-order valence-electron chi connectivity index (χ4n) is 2.77. The van der Waals surface area contributed by atoms with Crippen molar-refractivity contribution in [2.24, 2.45) is 0 Å². The average Bonchev–Trinajstić information content (AvgIpc) is 2.94. The summed E-state index contributed by atoms with van der Waals surface area (Å²) in [6, 6.07) is 0. The van der Waals surface area contributed by atoms with Gasteiger partial charge in [0.05, 0.1) is 13.2 Å². The van der Waals surface area contributed by atoms with E-state index in [4.69, 9.17) is 13.5 Å². The molecule has 1 rings (SSSR count). The predicted octanol–water partition coefficient (Wildman–Crippen LogP) is 5.87. The summed E-state index contributed by atoms with van der Waals surface area (Å²) in [5.41, 5.74) is 3.79. The molecule has 0 radical (unpaired) electrons. The Kier molecular flexibility index (Phi) is 8.42. The van der Waals surface area contributed by atoms with Crippen molar-refractivity contribution in [2.75, 3.05) is 13.2 Å². The van der Waals surface area contributed by atoms with Gasteiger partial charge in [-0.3, -0.25) is 4.57 Å². The molecule has 0 aromatic heterocycles. The summed E-state index contributed by atoms with van der Waals surface area (Å²) in [6.07, 6.45) is 4.22. The van der Waals surface area contributed by atoms with E-state index in [-0.39, 0.29) is 0 Å². The van der Waals surface area contributed by atoms with Crippen molar-refractivity contribution in [3.05, 3.63) is 16.6 Å². The third-order valence-corrected chi connectivity index (χ3v) is 6.51. The topological polar surface area (TPSA) is 44.8 Å². The maximum absolute atomic E-state index is 13.2. The Labute approximate surface area is 154 Å². The van der Waals surface area contributed by atoms with Gasteiger partial charge in [0.2, 0.25) is 0 Å². The molecule has 1 saturated carbocycles. The Bertz CT molecular complexity index is 610. The van der Waals surface area contributed by atoms with Crippen LogP contribution in [-0.2, 0) is 18.0 Å². The lowest BCUT2D eigenvalue weighted by molar-refractivity contribution is 0.164. The van der Waals surface area contributed by atoms with Crippen LogP contribution >= 0.6 is 7.60 Å². The third kappa shape index (κ3) is 8.09. The highest BCUT2D eigenvalue weighted by molar-refractivity contribution is 7.58. The molecule has 4 nitrogen and oxygen atoms in total. The zero-order valence-electron chi connectivity index (χ0n) is 16.8. The van der Waals surface area contributed by atoms with Gasteiger partial charge < -0.3 is 13.5 Å². The molecule has 6 heteroatoms. The van der Waals surface area contributed by atoms with Crippen LogP contribution in [0.1, 0.15) is 53.4 Å². The van der Waals surface area contributed by atoms with Crippen LogP contribution < -0.4 is 0 Å². The monoisotopic (exact) mass is 384 g/mol. The van der Waals surface area contributed by atoms with Crippen LogP contribution in [0.15, 0.2) is 16.6 Å². The summed E-state index contributed by atoms with van der Waals surface area (Å²) in [5, 5.41) is 0.334. The summed E-state index contributed by atoms with van der Waals surface area (Å²) in [7, 11) is -5.20. The second kappa shape index (κ2) is 9.37. The zero-order valence-corrected chi connectivity index (χ0v) is 18.7. The van der Waals surface area contributed by atoms with E-state index in [1.54, 1.807) is 13.8 Å². The molecule has 1 aliphatic rings. The zero-order chi connectivity index (χ0) is 19.1. The fraction of sp³-hybridized carbons (Fsp3) is 0.737. The highest BCUT2D eigenvalue weighted by Crippen LogP contribution is 2.55. The molecule has 0 amide bonds. The largest absolute Gasteiger partial charge is 0.402 e. The lowest BCUT2D eigenvalue weighted by atomic mass is 10.1. The molecule has 0 unspecified atom stereocenters. The molecule has 0 heterocycles. The molecule has 0 N–H and O–H groups in total. The van der Waals surface area contributed by atoms with Crippen molar-refractivity contribution in [1.82, 2.24) is 0 Å². The van der Waals surface area contributed by atoms with Gasteiger partial charge in [-0.25, -0.2) is 0 Å². The van der Waals surface area contributed by atoms with Crippen molar-refractivity contribution >= 4 is 15.9 Å². The summed E-state index contributed by atoms with van der Waals surface area (Å²) in [6.45, 7) is 14.4. The maximum Gasteiger partial charge on any atom is 0.377 e. The minimum atomic E-state index is -3.45. The molecule has 25 heavy (non-hydrogen) atoms. The van der Waals surface area contributed by atoms with Gasteiger partial charge in [0.25, 0.3) is 0 Å². The van der Waals surface area contributed by atoms with Gasteiger partial charge >= 0.3 is 7.60 Å². The van der Waals surface area contributed by atoms with Crippen LogP contribution in [-0.4, -0.2) is 27.1 Å². The molecule has 142 valence electrons. The minimum absolute atomic E-state index is 0.300. The van der Waals surface area contributed by atoms with E-state index >= 15 is 0 Å². The van der Waals surface area contributed by atoms with Gasteiger partial charge in [0, 0.05) is 0 Å². The van der Waals surface area contributed by atoms with Crippen molar-refractivity contribution in [3.8, 4) is 11.8 Å². The van der Waals surface area contributed by atoms with E-state index < -0.39 is 21.5 Å². The van der Waals surface area contributed by atoms with Crippen molar-refractivity contribution in [1.29, 1.82) is 0 Å². The van der Waals surface area contributed by atoms with Gasteiger partial charge in [0.1, 0.15) is 5.60 Å². The maximum atomic E-state index is 13.2. The Morgan fingerprint density at radius 3 is 2.08 bits per heavy atom. The highest BCUT2D eigenvalue weighted by atomic mass is 31.2. The van der Waals surface area contributed by atoms with E-state index in [9.17, 15) is 4.57 Å². The smallest absolute Gasteiger partial charge is 0.377 e. The third-order valence-electron chi connectivity index (χ3n) is 3.42. The lowest BCUT2D eigenvalue weighted by Crippen LogP contribution is -2.37. The second-order valence-corrected chi connectivity index (χ2v) is 14.0. The summed E-state index contributed by atoms with van der Waals surface area (Å²) in [5.74, 6) is 6.17. The molecule has 0 aliphatic heterocycles. The van der Waals surface area contributed by atoms with Crippen molar-refractivity contribution < 1.29 is 18.0 Å². The van der Waals surface area contributed by atoms with Crippen LogP contribution in [0.4, 0.5) is 0 Å². The van der Waals surface area contributed by atoms with Crippen molar-refractivity contribution in [3.63, 3.8) is 0 Å². The van der Waals surface area contributed by atoms with Crippen molar-refractivity contribution in [2.45, 2.75) is 78.6 Å². The van der Waals surface area contributed by atoms with Crippen LogP contribution in [0.5, 0.6) is 0 Å². The van der Waals surface area contributed by atoms with Crippen LogP contribution in [0.25, 0.3) is 0 Å². The summed E-state index contributed by atoms with van der Waals surface area (Å²) >= 11 is 0. The van der Waals surface area contributed by atoms with Crippen LogP contribution in [0, 0.1) is 11.8 Å². The Morgan fingerprint density at radius 2 is 1.64 bits per heavy atom. The summed E-state index contributed by atoms with van der Waals surface area (Å²) < 4.78 is 30.3. The van der Waals surface area contributed by atoms with Gasteiger partial charge in [0.15, 0.2) is 13.6 Å². The van der Waals surface area contributed by atoms with Gasteiger partial charge in [-0.1, -0.05) is 11.7 Å². The molecule has 0 aromatic carbocycles. The predicted molar refractivity (Wildman–Crippen MR) is 106 cm³/mol. The molecule has 1 fully saturated rings. The lowest BCUT2D eigenvalue weighted by Gasteiger charge is -2.28. The number of hydrogen-bond donors (Lipinski definition) is 0. The normalized spacial score (nSPS) is 15.6. The molecular formula is C19H33O4PSi. The quantitative estimate of drug-likeness (QED) is 0.238. The van der Waals surface area contributed by atoms with Gasteiger partial charge in [-0.05, 0) is 84.5 Å². The Morgan fingerprint density at radius 1 is 1.12 bits per heavy atom. The SMILES string of the molecule is CCOP(=O)(OCC)C(=C=C1CCCC1)C#CC(C)(C)O[Si](C)(C)C.